The first-order valence-corrected chi connectivity index (χ1v) is 8.64. The Hall–Kier alpha value is -1.29. The second-order valence-electron chi connectivity index (χ2n) is 6.02. The Morgan fingerprint density at radius 3 is 2.24 bits per heavy atom. The zero-order chi connectivity index (χ0) is 14.3. The summed E-state index contributed by atoms with van der Waals surface area (Å²) in [5.41, 5.74) is 4.75. The molecule has 0 spiro atoms. The molecule has 2 aliphatic rings. The Kier molecular flexibility index (Phi) is 3.29. The number of aliphatic hydroxyl groups is 1. The van der Waals surface area contributed by atoms with E-state index in [9.17, 15) is 5.11 Å². The molecule has 2 N–H and O–H groups in total. The molecule has 21 heavy (non-hydrogen) atoms. The van der Waals surface area contributed by atoms with E-state index in [4.69, 9.17) is 0 Å². The first-order valence-electron chi connectivity index (χ1n) is 7.49. The van der Waals surface area contributed by atoms with Crippen molar-refractivity contribution in [2.24, 2.45) is 0 Å². The molecule has 3 heteroatoms. The normalized spacial score (nSPS) is 24.0. The Morgan fingerprint density at radius 1 is 1.05 bits per heavy atom. The lowest BCUT2D eigenvalue weighted by Crippen LogP contribution is -2.41. The van der Waals surface area contributed by atoms with E-state index in [1.54, 1.807) is 0 Å². The van der Waals surface area contributed by atoms with Gasteiger partial charge in [-0.15, -0.1) is 0 Å². The van der Waals surface area contributed by atoms with Crippen molar-refractivity contribution in [1.82, 2.24) is 5.32 Å². The minimum atomic E-state index is -0.544. The van der Waals surface area contributed by atoms with Crippen LogP contribution in [0.5, 0.6) is 0 Å². The third kappa shape index (κ3) is 2.30. The maximum Gasteiger partial charge on any atom is 0.0869 e. The molecule has 0 amide bonds. The lowest BCUT2D eigenvalue weighted by atomic mass is 10.0. The van der Waals surface area contributed by atoms with E-state index in [0.29, 0.717) is 6.54 Å². The van der Waals surface area contributed by atoms with Crippen LogP contribution < -0.4 is 5.32 Å². The predicted octanol–water partition coefficient (Wildman–Crippen LogP) is 3.21. The molecule has 2 aromatic carbocycles. The van der Waals surface area contributed by atoms with Crippen molar-refractivity contribution in [1.29, 1.82) is 0 Å². The molecule has 1 aliphatic heterocycles. The van der Waals surface area contributed by atoms with Crippen LogP contribution in [0.15, 0.2) is 48.5 Å². The van der Waals surface area contributed by atoms with Crippen LogP contribution in [-0.4, -0.2) is 28.8 Å². The van der Waals surface area contributed by atoms with Crippen molar-refractivity contribution in [2.75, 3.05) is 18.1 Å². The van der Waals surface area contributed by atoms with Gasteiger partial charge in [-0.3, -0.25) is 0 Å². The van der Waals surface area contributed by atoms with Gasteiger partial charge in [-0.1, -0.05) is 48.5 Å². The largest absolute Gasteiger partial charge is 0.388 e. The van der Waals surface area contributed by atoms with Gasteiger partial charge in [0.2, 0.25) is 0 Å². The molecule has 1 fully saturated rings. The van der Waals surface area contributed by atoms with Crippen LogP contribution in [0.2, 0.25) is 0 Å². The van der Waals surface area contributed by atoms with Gasteiger partial charge in [0.05, 0.1) is 11.6 Å². The zero-order valence-corrected chi connectivity index (χ0v) is 12.7. The van der Waals surface area contributed by atoms with E-state index in [-0.39, 0.29) is 6.04 Å². The Balaban J connectivity index is 1.65. The Labute approximate surface area is 129 Å². The third-order valence-electron chi connectivity index (χ3n) is 4.55. The smallest absolute Gasteiger partial charge is 0.0869 e. The van der Waals surface area contributed by atoms with Gasteiger partial charge in [0.1, 0.15) is 0 Å². The summed E-state index contributed by atoms with van der Waals surface area (Å²) in [4.78, 5) is 0. The molecular formula is C18H19NOS. The maximum atomic E-state index is 10.6. The van der Waals surface area contributed by atoms with Crippen LogP contribution in [0.3, 0.4) is 0 Å². The fourth-order valence-corrected chi connectivity index (χ4v) is 4.70. The van der Waals surface area contributed by atoms with Gasteiger partial charge in [0.15, 0.2) is 0 Å². The van der Waals surface area contributed by atoms with Crippen molar-refractivity contribution in [3.8, 4) is 11.1 Å². The summed E-state index contributed by atoms with van der Waals surface area (Å²) in [7, 11) is 0. The molecule has 0 saturated carbocycles. The van der Waals surface area contributed by atoms with Crippen LogP contribution in [0, 0.1) is 0 Å². The number of benzene rings is 2. The molecule has 1 atom stereocenters. The fourth-order valence-electron chi connectivity index (χ4n) is 3.40. The van der Waals surface area contributed by atoms with E-state index < -0.39 is 5.60 Å². The zero-order valence-electron chi connectivity index (χ0n) is 11.9. The lowest BCUT2D eigenvalue weighted by molar-refractivity contribution is 0.0659. The molecule has 0 aromatic heterocycles. The number of hydrogen-bond acceptors (Lipinski definition) is 3. The van der Waals surface area contributed by atoms with Crippen molar-refractivity contribution in [2.45, 2.75) is 18.1 Å². The molecule has 1 heterocycles. The standard InChI is InChI=1S/C18H19NOS/c20-18(9-10-21-12-18)11-19-17-15-7-3-1-5-13(15)14-6-2-4-8-16(14)17/h1-8,17,19-20H,9-12H2/t18-/m0/s1. The van der Waals surface area contributed by atoms with Gasteiger partial charge in [-0.25, -0.2) is 0 Å². The van der Waals surface area contributed by atoms with Crippen LogP contribution in [-0.2, 0) is 0 Å². The summed E-state index contributed by atoms with van der Waals surface area (Å²) in [6, 6.07) is 17.4. The summed E-state index contributed by atoms with van der Waals surface area (Å²) in [5.74, 6) is 1.91. The molecule has 0 radical (unpaired) electrons. The summed E-state index contributed by atoms with van der Waals surface area (Å²) >= 11 is 1.84. The van der Waals surface area contributed by atoms with Crippen molar-refractivity contribution in [3.05, 3.63) is 59.7 Å². The van der Waals surface area contributed by atoms with E-state index in [2.05, 4.69) is 53.8 Å². The van der Waals surface area contributed by atoms with Gasteiger partial charge < -0.3 is 10.4 Å². The van der Waals surface area contributed by atoms with Crippen molar-refractivity contribution >= 4 is 11.8 Å². The van der Waals surface area contributed by atoms with Crippen molar-refractivity contribution in [3.63, 3.8) is 0 Å². The van der Waals surface area contributed by atoms with Crippen LogP contribution >= 0.6 is 11.8 Å². The summed E-state index contributed by atoms with van der Waals surface area (Å²) in [6.07, 6.45) is 0.890. The number of rotatable bonds is 3. The van der Waals surface area contributed by atoms with Gasteiger partial charge in [-0.2, -0.15) is 11.8 Å². The van der Waals surface area contributed by atoms with E-state index >= 15 is 0 Å². The molecule has 1 aliphatic carbocycles. The van der Waals surface area contributed by atoms with E-state index in [0.717, 1.165) is 17.9 Å². The highest BCUT2D eigenvalue weighted by Gasteiger charge is 2.34. The fraction of sp³-hybridized carbons (Fsp3) is 0.333. The average molecular weight is 297 g/mol. The second-order valence-corrected chi connectivity index (χ2v) is 7.12. The van der Waals surface area contributed by atoms with Crippen LogP contribution in [0.25, 0.3) is 11.1 Å². The highest BCUT2D eigenvalue weighted by Crippen LogP contribution is 2.43. The van der Waals surface area contributed by atoms with Gasteiger partial charge >= 0.3 is 0 Å². The topological polar surface area (TPSA) is 32.3 Å². The molecule has 2 nitrogen and oxygen atoms in total. The quantitative estimate of drug-likeness (QED) is 0.912. The number of fused-ring (bicyclic) bond motifs is 3. The van der Waals surface area contributed by atoms with E-state index in [1.165, 1.54) is 22.3 Å². The summed E-state index contributed by atoms with van der Waals surface area (Å²) in [5, 5.41) is 14.2. The Morgan fingerprint density at radius 2 is 1.67 bits per heavy atom. The van der Waals surface area contributed by atoms with Gasteiger partial charge in [0.25, 0.3) is 0 Å². The maximum absolute atomic E-state index is 10.6. The van der Waals surface area contributed by atoms with Gasteiger partial charge in [0, 0.05) is 12.3 Å². The SMILES string of the molecule is O[C@]1(CNC2c3ccccc3-c3ccccc32)CCSC1. The first-order chi connectivity index (χ1) is 10.3. The molecule has 1 saturated heterocycles. The third-order valence-corrected chi connectivity index (χ3v) is 5.79. The van der Waals surface area contributed by atoms with Crippen molar-refractivity contribution < 1.29 is 5.11 Å². The summed E-state index contributed by atoms with van der Waals surface area (Å²) < 4.78 is 0. The Bertz CT molecular complexity index is 618. The van der Waals surface area contributed by atoms with Gasteiger partial charge in [-0.05, 0) is 34.4 Å². The summed E-state index contributed by atoms with van der Waals surface area (Å²) in [6.45, 7) is 0.660. The number of hydrogen-bond donors (Lipinski definition) is 2. The van der Waals surface area contributed by atoms with Crippen LogP contribution in [0.1, 0.15) is 23.6 Å². The van der Waals surface area contributed by atoms with Crippen LogP contribution in [0.4, 0.5) is 0 Å². The molecule has 108 valence electrons. The highest BCUT2D eigenvalue weighted by molar-refractivity contribution is 7.99. The number of nitrogens with one attached hydrogen (secondary N) is 1. The minimum absolute atomic E-state index is 0.201. The highest BCUT2D eigenvalue weighted by atomic mass is 32.2. The predicted molar refractivity (Wildman–Crippen MR) is 88.6 cm³/mol. The molecule has 4 rings (SSSR count). The molecular weight excluding hydrogens is 278 g/mol. The molecule has 0 unspecified atom stereocenters. The molecule has 0 bridgehead atoms. The lowest BCUT2D eigenvalue weighted by Gasteiger charge is -2.25. The first kappa shape index (κ1) is 13.4. The number of thioether (sulfide) groups is 1. The minimum Gasteiger partial charge on any atom is -0.388 e. The van der Waals surface area contributed by atoms with E-state index in [1.807, 2.05) is 11.8 Å². The average Bonchev–Trinajstić information content (AvgIpc) is 3.08. The molecule has 2 aromatic rings. The monoisotopic (exact) mass is 297 g/mol. The second kappa shape index (κ2) is 5.16.